The van der Waals surface area contributed by atoms with Crippen molar-refractivity contribution in [2.75, 3.05) is 0 Å². The average molecular weight is 469 g/mol. The zero-order chi connectivity index (χ0) is 17.8. The maximum absolute atomic E-state index is 4.51. The van der Waals surface area contributed by atoms with Crippen molar-refractivity contribution < 1.29 is 0 Å². The predicted octanol–water partition coefficient (Wildman–Crippen LogP) is 5.29. The maximum Gasteiger partial charge on any atom is 0.211 e. The number of hydrogen-bond donors (Lipinski definition) is 0. The molecule has 3 nitrogen and oxygen atoms in total. The molecule has 0 fully saturated rings. The van der Waals surface area contributed by atoms with Crippen LogP contribution in [-0.4, -0.2) is 10.8 Å². The molecular weight excluding hydrogens is 453 g/mol. The maximum atomic E-state index is 4.51. The number of halogens is 1. The van der Waals surface area contributed by atoms with Gasteiger partial charge in [0.1, 0.15) is 0 Å². The number of fused-ring (bicyclic) bond motifs is 1. The lowest BCUT2D eigenvalue weighted by molar-refractivity contribution is 0.789. The minimum absolute atomic E-state index is 0.780. The van der Waals surface area contributed by atoms with E-state index in [1.807, 2.05) is 18.2 Å². The summed E-state index contributed by atoms with van der Waals surface area (Å²) < 4.78 is 4.63. The van der Waals surface area contributed by atoms with E-state index >= 15 is 0 Å². The first-order valence-corrected chi connectivity index (χ1v) is 10.1. The highest BCUT2D eigenvalue weighted by molar-refractivity contribution is 14.1. The molecule has 4 rings (SSSR count). The van der Waals surface area contributed by atoms with Crippen LogP contribution >= 0.6 is 33.9 Å². The van der Waals surface area contributed by atoms with E-state index in [0.717, 1.165) is 16.9 Å². The summed E-state index contributed by atoms with van der Waals surface area (Å²) in [4.78, 5) is 0.900. The lowest BCUT2D eigenvalue weighted by Gasteiger charge is -2.04. The van der Waals surface area contributed by atoms with Crippen molar-refractivity contribution >= 4 is 50.4 Å². The molecule has 0 saturated heterocycles. The fourth-order valence-corrected chi connectivity index (χ4v) is 4.30. The second kappa shape index (κ2) is 7.97. The summed E-state index contributed by atoms with van der Waals surface area (Å²) in [5.74, 6) is 0. The van der Waals surface area contributed by atoms with E-state index in [2.05, 4.69) is 98.0 Å². The van der Waals surface area contributed by atoms with Gasteiger partial charge in [0, 0.05) is 3.57 Å². The average Bonchev–Trinajstić information content (AvgIpc) is 3.00. The van der Waals surface area contributed by atoms with Crippen LogP contribution in [0, 0.1) is 3.57 Å². The van der Waals surface area contributed by atoms with E-state index in [1.165, 1.54) is 19.4 Å². The van der Waals surface area contributed by atoms with Gasteiger partial charge in [-0.1, -0.05) is 65.9 Å². The highest BCUT2D eigenvalue weighted by Crippen LogP contribution is 2.18. The molecule has 1 heterocycles. The van der Waals surface area contributed by atoms with Crippen molar-refractivity contribution in [3.05, 3.63) is 98.4 Å². The summed E-state index contributed by atoms with van der Waals surface area (Å²) in [6.07, 6.45) is 1.80. The van der Waals surface area contributed by atoms with Gasteiger partial charge in [0.15, 0.2) is 0 Å². The summed E-state index contributed by atoms with van der Waals surface area (Å²) in [6.45, 7) is 0.780. The molecule has 0 aliphatic rings. The third-order valence-electron chi connectivity index (χ3n) is 3.97. The minimum atomic E-state index is 0.780. The van der Waals surface area contributed by atoms with Crippen LogP contribution in [0.5, 0.6) is 0 Å². The van der Waals surface area contributed by atoms with Crippen LogP contribution in [0.25, 0.3) is 10.2 Å². The van der Waals surface area contributed by atoms with Crippen LogP contribution in [0.3, 0.4) is 0 Å². The first-order chi connectivity index (χ1) is 12.8. The zero-order valence-corrected chi connectivity index (χ0v) is 16.9. The highest BCUT2D eigenvalue weighted by Gasteiger charge is 2.06. The third-order valence-corrected chi connectivity index (χ3v) is 5.69. The molecule has 0 N–H and O–H groups in total. The summed E-state index contributed by atoms with van der Waals surface area (Å²) >= 11 is 3.96. The molecule has 3 aromatic carbocycles. The topological polar surface area (TPSA) is 29.6 Å². The molecule has 4 aromatic rings. The summed E-state index contributed by atoms with van der Waals surface area (Å²) in [5.41, 5.74) is 3.49. The molecule has 128 valence electrons. The number of thiazole rings is 1. The largest absolute Gasteiger partial charge is 0.311 e. The second-order valence-electron chi connectivity index (χ2n) is 5.82. The highest BCUT2D eigenvalue weighted by atomic mass is 127. The van der Waals surface area contributed by atoms with E-state index in [-0.39, 0.29) is 0 Å². The third kappa shape index (κ3) is 3.94. The molecule has 0 spiro atoms. The van der Waals surface area contributed by atoms with Crippen LogP contribution in [0.4, 0.5) is 0 Å². The number of para-hydroxylation sites is 1. The Morgan fingerprint density at radius 2 is 1.73 bits per heavy atom. The molecule has 1 aromatic heterocycles. The fourth-order valence-electron chi connectivity index (χ4n) is 2.75. The second-order valence-corrected chi connectivity index (χ2v) is 8.08. The lowest BCUT2D eigenvalue weighted by atomic mass is 10.2. The fraction of sp³-hybridized carbons (Fsp3) is 0.0476. The van der Waals surface area contributed by atoms with Crippen LogP contribution in [-0.2, 0) is 6.54 Å². The Hall–Kier alpha value is -2.25. The molecular formula is C21H16IN3S. The van der Waals surface area contributed by atoms with Gasteiger partial charge < -0.3 is 4.57 Å². The molecule has 0 atom stereocenters. The van der Waals surface area contributed by atoms with Gasteiger partial charge in [-0.05, 0) is 58.0 Å². The standard InChI is InChI=1S/C21H16IN3S/c22-18-10-6-9-17(13-18)14-23-24-21-25(15-16-7-2-1-3-8-16)19-11-4-5-12-20(19)26-21/h1-14H,15H2. The monoisotopic (exact) mass is 469 g/mol. The van der Waals surface area contributed by atoms with Crippen LogP contribution in [0.2, 0.25) is 0 Å². The Kier molecular flexibility index (Phi) is 5.26. The number of rotatable bonds is 4. The van der Waals surface area contributed by atoms with Crippen LogP contribution in [0.1, 0.15) is 11.1 Å². The van der Waals surface area contributed by atoms with E-state index in [4.69, 9.17) is 0 Å². The molecule has 26 heavy (non-hydrogen) atoms. The Bertz CT molecular complexity index is 1130. The first kappa shape index (κ1) is 17.2. The number of aromatic nitrogens is 1. The lowest BCUT2D eigenvalue weighted by Crippen LogP contribution is -2.15. The van der Waals surface area contributed by atoms with Crippen molar-refractivity contribution in [3.8, 4) is 0 Å². The van der Waals surface area contributed by atoms with E-state index < -0.39 is 0 Å². The SMILES string of the molecule is Ic1cccc(C=NN=c2sc3ccccc3n2Cc2ccccc2)c1. The Morgan fingerprint density at radius 3 is 2.58 bits per heavy atom. The predicted molar refractivity (Wildman–Crippen MR) is 118 cm³/mol. The van der Waals surface area contributed by atoms with Gasteiger partial charge in [-0.3, -0.25) is 0 Å². The van der Waals surface area contributed by atoms with Gasteiger partial charge >= 0.3 is 0 Å². The van der Waals surface area contributed by atoms with Gasteiger partial charge in [0.2, 0.25) is 4.80 Å². The normalized spacial score (nSPS) is 12.3. The van der Waals surface area contributed by atoms with Gasteiger partial charge in [0.25, 0.3) is 0 Å². The van der Waals surface area contributed by atoms with Crippen LogP contribution < -0.4 is 4.80 Å². The molecule has 5 heteroatoms. The summed E-state index contributed by atoms with van der Waals surface area (Å²) in [7, 11) is 0. The summed E-state index contributed by atoms with van der Waals surface area (Å²) in [5, 5.41) is 8.85. The molecule has 0 amide bonds. The number of benzene rings is 3. The smallest absolute Gasteiger partial charge is 0.211 e. The molecule has 0 saturated carbocycles. The van der Waals surface area contributed by atoms with Gasteiger partial charge in [-0.15, -0.1) is 5.10 Å². The number of nitrogens with zero attached hydrogens (tertiary/aromatic N) is 3. The van der Waals surface area contributed by atoms with Crippen LogP contribution in [0.15, 0.2) is 89.1 Å². The van der Waals surface area contributed by atoms with Crippen molar-refractivity contribution in [1.82, 2.24) is 4.57 Å². The molecule has 0 aliphatic heterocycles. The minimum Gasteiger partial charge on any atom is -0.311 e. The summed E-state index contributed by atoms with van der Waals surface area (Å²) in [6, 6.07) is 27.0. The van der Waals surface area contributed by atoms with Gasteiger partial charge in [0.05, 0.1) is 23.0 Å². The Morgan fingerprint density at radius 1 is 0.923 bits per heavy atom. The Balaban J connectivity index is 1.75. The van der Waals surface area contributed by atoms with Gasteiger partial charge in [-0.2, -0.15) is 5.10 Å². The van der Waals surface area contributed by atoms with E-state index in [9.17, 15) is 0 Å². The van der Waals surface area contributed by atoms with E-state index in [1.54, 1.807) is 17.6 Å². The zero-order valence-electron chi connectivity index (χ0n) is 13.9. The van der Waals surface area contributed by atoms with Crippen molar-refractivity contribution in [1.29, 1.82) is 0 Å². The molecule has 0 radical (unpaired) electrons. The molecule has 0 aliphatic carbocycles. The van der Waals surface area contributed by atoms with Crippen molar-refractivity contribution in [2.24, 2.45) is 10.2 Å². The molecule has 0 unspecified atom stereocenters. The quantitative estimate of drug-likeness (QED) is 0.221. The van der Waals surface area contributed by atoms with Crippen molar-refractivity contribution in [2.45, 2.75) is 6.54 Å². The Labute approximate surface area is 169 Å². The van der Waals surface area contributed by atoms with E-state index in [0.29, 0.717) is 0 Å². The number of hydrogen-bond acceptors (Lipinski definition) is 3. The van der Waals surface area contributed by atoms with Gasteiger partial charge in [-0.25, -0.2) is 0 Å². The molecule has 0 bridgehead atoms. The first-order valence-electron chi connectivity index (χ1n) is 8.24. The van der Waals surface area contributed by atoms with Crippen molar-refractivity contribution in [3.63, 3.8) is 0 Å².